The van der Waals surface area contributed by atoms with Crippen LogP contribution in [0.4, 0.5) is 0 Å². The summed E-state index contributed by atoms with van der Waals surface area (Å²) in [6.07, 6.45) is 2.60. The zero-order valence-corrected chi connectivity index (χ0v) is 11.2. The minimum absolute atomic E-state index is 0.226. The Morgan fingerprint density at radius 3 is 2.21 bits per heavy atom. The normalized spacial score (nSPS) is 14.0. The third-order valence-corrected chi connectivity index (χ3v) is 3.46. The van der Waals surface area contributed by atoms with Crippen molar-refractivity contribution in [1.29, 1.82) is 0 Å². The average molecular weight is 256 g/mol. The standard InChI is InChI=1S/C17H20O2/c1-17(19,15-9-11-16(18)12-10-15)13-5-8-14-6-3-2-4-7-14/h2-4,6-7,9-12,18-19H,5,8,13H2,1H3. The van der Waals surface area contributed by atoms with Gasteiger partial charge in [0.05, 0.1) is 5.60 Å². The van der Waals surface area contributed by atoms with Gasteiger partial charge in [-0.25, -0.2) is 0 Å². The third kappa shape index (κ3) is 3.83. The van der Waals surface area contributed by atoms with Gasteiger partial charge in [-0.2, -0.15) is 0 Å². The zero-order valence-electron chi connectivity index (χ0n) is 11.2. The second-order valence-corrected chi connectivity index (χ2v) is 5.16. The van der Waals surface area contributed by atoms with Crippen molar-refractivity contribution in [2.75, 3.05) is 0 Å². The Kier molecular flexibility index (Phi) is 4.23. The fourth-order valence-electron chi connectivity index (χ4n) is 2.25. The topological polar surface area (TPSA) is 40.5 Å². The molecule has 0 spiro atoms. The second-order valence-electron chi connectivity index (χ2n) is 5.16. The Balaban J connectivity index is 1.92. The molecule has 1 unspecified atom stereocenters. The number of aryl methyl sites for hydroxylation is 1. The first-order valence-electron chi connectivity index (χ1n) is 6.64. The van der Waals surface area contributed by atoms with Gasteiger partial charge in [-0.1, -0.05) is 42.5 Å². The van der Waals surface area contributed by atoms with E-state index in [2.05, 4.69) is 12.1 Å². The summed E-state index contributed by atoms with van der Waals surface area (Å²) >= 11 is 0. The minimum atomic E-state index is -0.845. The van der Waals surface area contributed by atoms with E-state index in [9.17, 15) is 10.2 Å². The molecule has 0 aromatic heterocycles. The minimum Gasteiger partial charge on any atom is -0.508 e. The van der Waals surface area contributed by atoms with Gasteiger partial charge in [0.1, 0.15) is 5.75 Å². The predicted octanol–water partition coefficient (Wildman–Crippen LogP) is 3.62. The molecule has 100 valence electrons. The molecule has 2 heteroatoms. The van der Waals surface area contributed by atoms with E-state index in [1.165, 1.54) is 5.56 Å². The van der Waals surface area contributed by atoms with Crippen molar-refractivity contribution in [3.63, 3.8) is 0 Å². The first-order chi connectivity index (χ1) is 9.08. The summed E-state index contributed by atoms with van der Waals surface area (Å²) < 4.78 is 0. The van der Waals surface area contributed by atoms with Gasteiger partial charge in [0.15, 0.2) is 0 Å². The average Bonchev–Trinajstić information content (AvgIpc) is 2.40. The molecule has 0 aliphatic rings. The number of hydrogen-bond donors (Lipinski definition) is 2. The molecule has 1 atom stereocenters. The van der Waals surface area contributed by atoms with Crippen LogP contribution in [-0.2, 0) is 12.0 Å². The van der Waals surface area contributed by atoms with Crippen LogP contribution in [-0.4, -0.2) is 10.2 Å². The predicted molar refractivity (Wildman–Crippen MR) is 77.1 cm³/mol. The van der Waals surface area contributed by atoms with Gasteiger partial charge in [0, 0.05) is 0 Å². The van der Waals surface area contributed by atoms with Crippen LogP contribution in [0.25, 0.3) is 0 Å². The quantitative estimate of drug-likeness (QED) is 0.857. The highest BCUT2D eigenvalue weighted by Crippen LogP contribution is 2.27. The van der Waals surface area contributed by atoms with Crippen molar-refractivity contribution in [2.45, 2.75) is 31.8 Å². The SMILES string of the molecule is CC(O)(CCCc1ccccc1)c1ccc(O)cc1. The lowest BCUT2D eigenvalue weighted by Gasteiger charge is -2.24. The van der Waals surface area contributed by atoms with Gasteiger partial charge < -0.3 is 10.2 Å². The number of phenolic OH excluding ortho intramolecular Hbond substituents is 1. The first-order valence-corrected chi connectivity index (χ1v) is 6.64. The lowest BCUT2D eigenvalue weighted by Crippen LogP contribution is -2.21. The number of aromatic hydroxyl groups is 1. The van der Waals surface area contributed by atoms with Crippen molar-refractivity contribution in [1.82, 2.24) is 0 Å². The van der Waals surface area contributed by atoms with E-state index in [1.807, 2.05) is 25.1 Å². The van der Waals surface area contributed by atoms with Gasteiger partial charge in [-0.3, -0.25) is 0 Å². The second kappa shape index (κ2) is 5.89. The third-order valence-electron chi connectivity index (χ3n) is 3.46. The maximum absolute atomic E-state index is 10.5. The molecule has 0 fully saturated rings. The summed E-state index contributed by atoms with van der Waals surface area (Å²) in [7, 11) is 0. The van der Waals surface area contributed by atoms with E-state index in [0.29, 0.717) is 6.42 Å². The molecule has 0 aliphatic heterocycles. The summed E-state index contributed by atoms with van der Waals surface area (Å²) in [5, 5.41) is 19.7. The van der Waals surface area contributed by atoms with E-state index >= 15 is 0 Å². The molecule has 0 aliphatic carbocycles. The van der Waals surface area contributed by atoms with Crippen molar-refractivity contribution >= 4 is 0 Å². The van der Waals surface area contributed by atoms with E-state index in [0.717, 1.165) is 18.4 Å². The molecule has 2 N–H and O–H groups in total. The van der Waals surface area contributed by atoms with Crippen LogP contribution >= 0.6 is 0 Å². The van der Waals surface area contributed by atoms with Crippen LogP contribution in [0.15, 0.2) is 54.6 Å². The maximum Gasteiger partial charge on any atom is 0.115 e. The molecule has 0 bridgehead atoms. The van der Waals surface area contributed by atoms with Crippen molar-refractivity contribution < 1.29 is 10.2 Å². The zero-order chi connectivity index (χ0) is 13.7. The molecule has 2 rings (SSSR count). The molecule has 0 saturated heterocycles. The highest BCUT2D eigenvalue weighted by atomic mass is 16.3. The summed E-state index contributed by atoms with van der Waals surface area (Å²) in [5.74, 6) is 0.226. The van der Waals surface area contributed by atoms with E-state index < -0.39 is 5.60 Å². The smallest absolute Gasteiger partial charge is 0.115 e. The van der Waals surface area contributed by atoms with E-state index in [1.54, 1.807) is 24.3 Å². The Labute approximate surface area is 114 Å². The highest BCUT2D eigenvalue weighted by molar-refractivity contribution is 5.29. The fourth-order valence-corrected chi connectivity index (χ4v) is 2.25. The molecule has 2 aromatic carbocycles. The molecular formula is C17H20O2. The lowest BCUT2D eigenvalue weighted by molar-refractivity contribution is 0.0456. The summed E-state index contributed by atoms with van der Waals surface area (Å²) in [6.45, 7) is 1.82. The molecular weight excluding hydrogens is 236 g/mol. The van der Waals surface area contributed by atoms with E-state index in [-0.39, 0.29) is 5.75 Å². The van der Waals surface area contributed by atoms with Gasteiger partial charge >= 0.3 is 0 Å². The van der Waals surface area contributed by atoms with Crippen LogP contribution in [0, 0.1) is 0 Å². The van der Waals surface area contributed by atoms with Crippen molar-refractivity contribution in [3.05, 3.63) is 65.7 Å². The largest absolute Gasteiger partial charge is 0.508 e. The van der Waals surface area contributed by atoms with Crippen LogP contribution in [0.3, 0.4) is 0 Å². The number of benzene rings is 2. The molecule has 2 nitrogen and oxygen atoms in total. The van der Waals surface area contributed by atoms with Crippen LogP contribution < -0.4 is 0 Å². The van der Waals surface area contributed by atoms with E-state index in [4.69, 9.17) is 0 Å². The number of phenols is 1. The number of hydrogen-bond acceptors (Lipinski definition) is 2. The Bertz CT molecular complexity index is 501. The van der Waals surface area contributed by atoms with Gasteiger partial charge in [0.2, 0.25) is 0 Å². The van der Waals surface area contributed by atoms with Crippen LogP contribution in [0.2, 0.25) is 0 Å². The Morgan fingerprint density at radius 2 is 1.58 bits per heavy atom. The Morgan fingerprint density at radius 1 is 0.947 bits per heavy atom. The van der Waals surface area contributed by atoms with Crippen molar-refractivity contribution in [3.8, 4) is 5.75 Å². The molecule has 2 aromatic rings. The molecule has 0 saturated carbocycles. The summed E-state index contributed by atoms with van der Waals surface area (Å²) in [4.78, 5) is 0. The number of aliphatic hydroxyl groups is 1. The van der Waals surface area contributed by atoms with Gasteiger partial charge in [-0.15, -0.1) is 0 Å². The first kappa shape index (κ1) is 13.6. The molecule has 0 amide bonds. The molecule has 0 heterocycles. The van der Waals surface area contributed by atoms with Crippen LogP contribution in [0.5, 0.6) is 5.75 Å². The van der Waals surface area contributed by atoms with Gasteiger partial charge in [-0.05, 0) is 49.4 Å². The Hall–Kier alpha value is -1.80. The fraction of sp³-hybridized carbons (Fsp3) is 0.294. The van der Waals surface area contributed by atoms with Crippen LogP contribution in [0.1, 0.15) is 30.9 Å². The number of rotatable bonds is 5. The molecule has 0 radical (unpaired) electrons. The lowest BCUT2D eigenvalue weighted by atomic mass is 9.90. The summed E-state index contributed by atoms with van der Waals surface area (Å²) in [6, 6.07) is 17.1. The van der Waals surface area contributed by atoms with Crippen molar-refractivity contribution in [2.24, 2.45) is 0 Å². The maximum atomic E-state index is 10.5. The highest BCUT2D eigenvalue weighted by Gasteiger charge is 2.22. The monoisotopic (exact) mass is 256 g/mol. The molecule has 19 heavy (non-hydrogen) atoms. The summed E-state index contributed by atoms with van der Waals surface area (Å²) in [5.41, 5.74) is 1.30. The van der Waals surface area contributed by atoms with Gasteiger partial charge in [0.25, 0.3) is 0 Å².